The Morgan fingerprint density at radius 1 is 1.37 bits per heavy atom. The highest BCUT2D eigenvalue weighted by molar-refractivity contribution is 5.76. The highest BCUT2D eigenvalue weighted by atomic mass is 16.3. The molecule has 0 spiro atoms. The van der Waals surface area contributed by atoms with Gasteiger partial charge in [0.2, 0.25) is 12.3 Å². The molecule has 5 heteroatoms. The van der Waals surface area contributed by atoms with Crippen molar-refractivity contribution in [3.63, 3.8) is 0 Å². The third-order valence-electron chi connectivity index (χ3n) is 3.84. The van der Waals surface area contributed by atoms with Crippen LogP contribution < -0.4 is 5.32 Å². The minimum absolute atomic E-state index is 0.144. The van der Waals surface area contributed by atoms with Crippen molar-refractivity contribution in [2.75, 3.05) is 19.6 Å². The third-order valence-corrected chi connectivity index (χ3v) is 3.84. The van der Waals surface area contributed by atoms with E-state index in [1.165, 1.54) is 0 Å². The van der Waals surface area contributed by atoms with Gasteiger partial charge in [-0.1, -0.05) is 20.3 Å². The molecule has 1 rings (SSSR count). The lowest BCUT2D eigenvalue weighted by Gasteiger charge is -2.18. The number of nitrogens with zero attached hydrogens (tertiary/aromatic N) is 1. The summed E-state index contributed by atoms with van der Waals surface area (Å²) in [6.07, 6.45) is 3.56. The largest absolute Gasteiger partial charge is 0.391 e. The topological polar surface area (TPSA) is 69.6 Å². The molecule has 0 aromatic carbocycles. The molecule has 0 bridgehead atoms. The van der Waals surface area contributed by atoms with Gasteiger partial charge < -0.3 is 15.3 Å². The quantitative estimate of drug-likeness (QED) is 0.505. The summed E-state index contributed by atoms with van der Waals surface area (Å²) in [6, 6.07) is 0. The van der Waals surface area contributed by atoms with Gasteiger partial charge >= 0.3 is 0 Å². The first kappa shape index (κ1) is 16.0. The molecule has 0 aromatic rings. The number of carbonyl (C=O) groups is 2. The maximum Gasteiger partial charge on any atom is 0.222 e. The minimum Gasteiger partial charge on any atom is -0.391 e. The predicted octanol–water partition coefficient (Wildman–Crippen LogP) is 0.768. The molecule has 1 fully saturated rings. The van der Waals surface area contributed by atoms with Crippen LogP contribution in [0.5, 0.6) is 0 Å². The zero-order valence-corrected chi connectivity index (χ0v) is 12.0. The number of hydrogen-bond acceptors (Lipinski definition) is 3. The van der Waals surface area contributed by atoms with Gasteiger partial charge in [0, 0.05) is 32.0 Å². The lowest BCUT2D eigenvalue weighted by molar-refractivity contribution is -0.130. The zero-order valence-electron chi connectivity index (χ0n) is 12.0. The summed E-state index contributed by atoms with van der Waals surface area (Å²) >= 11 is 0. The van der Waals surface area contributed by atoms with E-state index in [1.54, 1.807) is 4.90 Å². The molecule has 1 aliphatic heterocycles. The fourth-order valence-electron chi connectivity index (χ4n) is 2.57. The molecule has 0 aliphatic carbocycles. The molecule has 5 nitrogen and oxygen atoms in total. The molecule has 1 saturated heterocycles. The molecule has 0 radical (unpaired) electrons. The number of β-amino-alcohol motifs (C(OH)–C–C–N with tert-alkyl or cyclic N) is 1. The first-order valence-corrected chi connectivity index (χ1v) is 7.19. The number of hydrogen-bond donors (Lipinski definition) is 2. The molecule has 19 heavy (non-hydrogen) atoms. The first-order chi connectivity index (χ1) is 9.06. The Hall–Kier alpha value is -1.10. The molecule has 1 aliphatic rings. The normalized spacial score (nSPS) is 22.8. The highest BCUT2D eigenvalue weighted by Gasteiger charge is 2.35. The van der Waals surface area contributed by atoms with Crippen LogP contribution in [-0.2, 0) is 9.59 Å². The molecule has 2 N–H and O–H groups in total. The number of rotatable bonds is 8. The van der Waals surface area contributed by atoms with Gasteiger partial charge in [0.05, 0.1) is 6.10 Å². The van der Waals surface area contributed by atoms with E-state index >= 15 is 0 Å². The van der Waals surface area contributed by atoms with Gasteiger partial charge in [0.1, 0.15) is 0 Å². The first-order valence-electron chi connectivity index (χ1n) is 7.19. The Labute approximate surface area is 115 Å². The van der Waals surface area contributed by atoms with Gasteiger partial charge in [0.25, 0.3) is 0 Å². The SMILES string of the molecule is CC(C)C1CN(C(=O)CCCCCNC=O)CC1O. The van der Waals surface area contributed by atoms with Crippen molar-refractivity contribution in [2.45, 2.75) is 45.6 Å². The van der Waals surface area contributed by atoms with Crippen LogP contribution in [0.2, 0.25) is 0 Å². The molecule has 2 amide bonds. The van der Waals surface area contributed by atoms with Crippen LogP contribution in [0, 0.1) is 11.8 Å². The Kier molecular flexibility index (Phi) is 6.84. The van der Waals surface area contributed by atoms with Crippen molar-refractivity contribution in [3.8, 4) is 0 Å². The summed E-state index contributed by atoms with van der Waals surface area (Å²) in [5, 5.41) is 12.5. The van der Waals surface area contributed by atoms with Crippen molar-refractivity contribution < 1.29 is 14.7 Å². The number of carbonyl (C=O) groups excluding carboxylic acids is 2. The van der Waals surface area contributed by atoms with Crippen molar-refractivity contribution in [1.82, 2.24) is 10.2 Å². The molecule has 2 atom stereocenters. The van der Waals surface area contributed by atoms with Crippen LogP contribution in [0.4, 0.5) is 0 Å². The van der Waals surface area contributed by atoms with E-state index < -0.39 is 0 Å². The Balaban J connectivity index is 2.18. The molecule has 1 heterocycles. The fraction of sp³-hybridized carbons (Fsp3) is 0.857. The van der Waals surface area contributed by atoms with Gasteiger partial charge in [-0.2, -0.15) is 0 Å². The van der Waals surface area contributed by atoms with Crippen LogP contribution in [0.1, 0.15) is 39.5 Å². The third kappa shape index (κ3) is 5.19. The summed E-state index contributed by atoms with van der Waals surface area (Å²) in [7, 11) is 0. The Morgan fingerprint density at radius 2 is 2.11 bits per heavy atom. The lowest BCUT2D eigenvalue weighted by atomic mass is 9.93. The highest BCUT2D eigenvalue weighted by Crippen LogP contribution is 2.24. The predicted molar refractivity (Wildman–Crippen MR) is 73.4 cm³/mol. The van der Waals surface area contributed by atoms with E-state index in [0.717, 1.165) is 19.3 Å². The van der Waals surface area contributed by atoms with Gasteiger partial charge in [0.15, 0.2) is 0 Å². The average Bonchev–Trinajstić information content (AvgIpc) is 2.75. The summed E-state index contributed by atoms with van der Waals surface area (Å²) in [4.78, 5) is 23.8. The van der Waals surface area contributed by atoms with Gasteiger partial charge in [-0.05, 0) is 18.8 Å². The number of unbranched alkanes of at least 4 members (excludes halogenated alkanes) is 2. The van der Waals surface area contributed by atoms with E-state index in [2.05, 4.69) is 19.2 Å². The van der Waals surface area contributed by atoms with Crippen molar-refractivity contribution in [3.05, 3.63) is 0 Å². The maximum absolute atomic E-state index is 12.0. The number of likely N-dealkylation sites (tertiary alicyclic amines) is 1. The summed E-state index contributed by atoms with van der Waals surface area (Å²) in [5.74, 6) is 0.758. The summed E-state index contributed by atoms with van der Waals surface area (Å²) < 4.78 is 0. The van der Waals surface area contributed by atoms with E-state index in [0.29, 0.717) is 38.4 Å². The molecule has 110 valence electrons. The number of amides is 2. The van der Waals surface area contributed by atoms with Crippen molar-refractivity contribution in [2.24, 2.45) is 11.8 Å². The van der Waals surface area contributed by atoms with Gasteiger partial charge in [-0.3, -0.25) is 9.59 Å². The van der Waals surface area contributed by atoms with Crippen LogP contribution in [0.15, 0.2) is 0 Å². The van der Waals surface area contributed by atoms with E-state index in [9.17, 15) is 14.7 Å². The molecule has 0 aromatic heterocycles. The molecular weight excluding hydrogens is 244 g/mol. The fourth-order valence-corrected chi connectivity index (χ4v) is 2.57. The Morgan fingerprint density at radius 3 is 2.68 bits per heavy atom. The smallest absolute Gasteiger partial charge is 0.222 e. The minimum atomic E-state index is -0.374. The summed E-state index contributed by atoms with van der Waals surface area (Å²) in [5.41, 5.74) is 0. The Bertz CT molecular complexity index is 294. The van der Waals surface area contributed by atoms with E-state index in [4.69, 9.17) is 0 Å². The van der Waals surface area contributed by atoms with Gasteiger partial charge in [-0.15, -0.1) is 0 Å². The number of aliphatic hydroxyl groups excluding tert-OH is 1. The van der Waals surface area contributed by atoms with Crippen LogP contribution in [-0.4, -0.2) is 48.1 Å². The molecule has 2 unspecified atom stereocenters. The van der Waals surface area contributed by atoms with Crippen LogP contribution >= 0.6 is 0 Å². The second-order valence-corrected chi connectivity index (χ2v) is 5.66. The van der Waals surface area contributed by atoms with Crippen molar-refractivity contribution in [1.29, 1.82) is 0 Å². The second-order valence-electron chi connectivity index (χ2n) is 5.66. The standard InChI is InChI=1S/C14H26N2O3/c1-11(2)12-8-16(9-13(12)18)14(19)6-4-3-5-7-15-10-17/h10-13,18H,3-9H2,1-2H3,(H,15,17). The molecule has 0 saturated carbocycles. The van der Waals surface area contributed by atoms with Gasteiger partial charge in [-0.25, -0.2) is 0 Å². The van der Waals surface area contributed by atoms with E-state index in [-0.39, 0.29) is 17.9 Å². The molecular formula is C14H26N2O3. The van der Waals surface area contributed by atoms with Crippen LogP contribution in [0.3, 0.4) is 0 Å². The van der Waals surface area contributed by atoms with Crippen LogP contribution in [0.25, 0.3) is 0 Å². The lowest BCUT2D eigenvalue weighted by Crippen LogP contribution is -2.29. The second kappa shape index (κ2) is 8.15. The average molecular weight is 270 g/mol. The zero-order chi connectivity index (χ0) is 14.3. The summed E-state index contributed by atoms with van der Waals surface area (Å²) in [6.45, 7) is 6.01. The maximum atomic E-state index is 12.0. The monoisotopic (exact) mass is 270 g/mol. The number of aliphatic hydroxyl groups is 1. The number of nitrogens with one attached hydrogen (secondary N) is 1. The van der Waals surface area contributed by atoms with E-state index in [1.807, 2.05) is 0 Å². The van der Waals surface area contributed by atoms with Crippen molar-refractivity contribution >= 4 is 12.3 Å².